The van der Waals surface area contributed by atoms with Crippen molar-refractivity contribution >= 4 is 23.2 Å². The highest BCUT2D eigenvalue weighted by atomic mass is 16.3. The first-order valence-corrected chi connectivity index (χ1v) is 9.62. The van der Waals surface area contributed by atoms with Gasteiger partial charge in [-0.3, -0.25) is 0 Å². The minimum absolute atomic E-state index is 0.377. The lowest BCUT2D eigenvalue weighted by molar-refractivity contribution is 0.0163. The van der Waals surface area contributed by atoms with Gasteiger partial charge >= 0.3 is 0 Å². The highest BCUT2D eigenvalue weighted by Crippen LogP contribution is 2.31. The molecule has 0 spiro atoms. The van der Waals surface area contributed by atoms with E-state index >= 15 is 0 Å². The van der Waals surface area contributed by atoms with Crippen molar-refractivity contribution in [3.05, 3.63) is 49.1 Å². The second-order valence-corrected chi connectivity index (χ2v) is 7.85. The number of fused-ring (bicyclic) bond motifs is 2. The number of aromatic nitrogens is 5. The minimum Gasteiger partial charge on any atom is -0.390 e. The summed E-state index contributed by atoms with van der Waals surface area (Å²) in [5, 5.41) is 18.8. The summed E-state index contributed by atoms with van der Waals surface area (Å²) in [5.74, 6) is 0.834. The third kappa shape index (κ3) is 3.18. The Labute approximate surface area is 162 Å². The number of pyridine rings is 1. The molecule has 1 saturated carbocycles. The van der Waals surface area contributed by atoms with Crippen LogP contribution in [0.25, 0.3) is 22.2 Å². The van der Waals surface area contributed by atoms with Crippen molar-refractivity contribution in [1.29, 1.82) is 0 Å². The zero-order valence-electron chi connectivity index (χ0n) is 15.7. The van der Waals surface area contributed by atoms with Crippen LogP contribution in [0, 0.1) is 5.92 Å². The summed E-state index contributed by atoms with van der Waals surface area (Å²) in [6.07, 6.45) is 13.0. The molecule has 7 heteroatoms. The number of rotatable bonds is 3. The molecule has 28 heavy (non-hydrogen) atoms. The zero-order valence-corrected chi connectivity index (χ0v) is 15.7. The predicted octanol–water partition coefficient (Wildman–Crippen LogP) is 3.69. The van der Waals surface area contributed by atoms with E-state index in [1.165, 1.54) is 0 Å². The summed E-state index contributed by atoms with van der Waals surface area (Å²) < 4.78 is 3.66. The van der Waals surface area contributed by atoms with Crippen LogP contribution in [0.15, 0.2) is 54.0 Å². The van der Waals surface area contributed by atoms with Crippen molar-refractivity contribution in [3.63, 3.8) is 0 Å². The van der Waals surface area contributed by atoms with Gasteiger partial charge in [0.1, 0.15) is 0 Å². The highest BCUT2D eigenvalue weighted by Gasteiger charge is 2.27. The quantitative estimate of drug-likeness (QED) is 0.555. The first kappa shape index (κ1) is 17.1. The molecule has 4 aromatic heterocycles. The molecule has 1 fully saturated rings. The fourth-order valence-corrected chi connectivity index (χ4v) is 3.87. The van der Waals surface area contributed by atoms with Gasteiger partial charge in [-0.2, -0.15) is 5.10 Å². The average Bonchev–Trinajstić information content (AvgIpc) is 3.33. The molecule has 1 aliphatic rings. The summed E-state index contributed by atoms with van der Waals surface area (Å²) in [4.78, 5) is 8.92. The van der Waals surface area contributed by atoms with Crippen LogP contribution in [-0.4, -0.2) is 41.1 Å². The number of hydrogen-bond donors (Lipinski definition) is 1. The van der Waals surface area contributed by atoms with E-state index in [0.29, 0.717) is 11.9 Å². The van der Waals surface area contributed by atoms with Crippen LogP contribution in [0.5, 0.6) is 0 Å². The number of aliphatic hydroxyl groups is 1. The summed E-state index contributed by atoms with van der Waals surface area (Å²) >= 11 is 0. The standard InChI is InChI=1S/C21H22N6O/c1-21(28)7-2-15(3-8-21)13-22-20-23-14-19-18(6-11-27(19)25-20)16-5-10-26-17(12-16)4-9-24-26/h4-6,9-15,28H,2-3,7-8H2,1H3/b22-13+. The van der Waals surface area contributed by atoms with Crippen LogP contribution in [0.1, 0.15) is 32.6 Å². The van der Waals surface area contributed by atoms with E-state index < -0.39 is 5.60 Å². The van der Waals surface area contributed by atoms with Crippen molar-refractivity contribution < 1.29 is 5.11 Å². The lowest BCUT2D eigenvalue weighted by atomic mass is 9.80. The van der Waals surface area contributed by atoms with Crippen molar-refractivity contribution in [2.45, 2.75) is 38.2 Å². The van der Waals surface area contributed by atoms with Crippen molar-refractivity contribution in [3.8, 4) is 11.1 Å². The van der Waals surface area contributed by atoms with Crippen molar-refractivity contribution in [2.24, 2.45) is 10.9 Å². The van der Waals surface area contributed by atoms with Crippen molar-refractivity contribution in [1.82, 2.24) is 24.2 Å². The second kappa shape index (κ2) is 6.53. The largest absolute Gasteiger partial charge is 0.390 e. The molecule has 0 saturated heterocycles. The first-order valence-electron chi connectivity index (χ1n) is 9.62. The molecule has 0 aromatic carbocycles. The predicted molar refractivity (Wildman–Crippen MR) is 108 cm³/mol. The van der Waals surface area contributed by atoms with E-state index in [2.05, 4.69) is 26.2 Å². The molecule has 4 heterocycles. The topological polar surface area (TPSA) is 80.1 Å². The van der Waals surface area contributed by atoms with Gasteiger partial charge in [0.2, 0.25) is 0 Å². The summed E-state index contributed by atoms with van der Waals surface area (Å²) in [6, 6.07) is 8.17. The molecule has 0 radical (unpaired) electrons. The number of aliphatic imine (C=N–C) groups is 1. The van der Waals surface area contributed by atoms with Crippen molar-refractivity contribution in [2.75, 3.05) is 0 Å². The molecule has 7 nitrogen and oxygen atoms in total. The van der Waals surface area contributed by atoms with Crippen LogP contribution in [0.4, 0.5) is 5.95 Å². The number of hydrogen-bond acceptors (Lipinski definition) is 5. The summed E-state index contributed by atoms with van der Waals surface area (Å²) in [7, 11) is 0. The van der Waals surface area contributed by atoms with Gasteiger partial charge in [-0.15, -0.1) is 5.10 Å². The fourth-order valence-electron chi connectivity index (χ4n) is 3.87. The highest BCUT2D eigenvalue weighted by molar-refractivity contribution is 5.82. The van der Waals surface area contributed by atoms with Gasteiger partial charge in [-0.05, 0) is 68.4 Å². The third-order valence-corrected chi connectivity index (χ3v) is 5.62. The molecular weight excluding hydrogens is 352 g/mol. The molecule has 0 amide bonds. The van der Waals surface area contributed by atoms with Gasteiger partial charge in [-0.25, -0.2) is 19.0 Å². The second-order valence-electron chi connectivity index (χ2n) is 7.85. The van der Waals surface area contributed by atoms with E-state index in [0.717, 1.165) is 47.8 Å². The number of nitrogens with zero attached hydrogens (tertiary/aromatic N) is 6. The van der Waals surface area contributed by atoms with Gasteiger partial charge < -0.3 is 5.11 Å². The molecule has 1 N–H and O–H groups in total. The Bertz CT molecular complexity index is 1160. The van der Waals surface area contributed by atoms with E-state index in [-0.39, 0.29) is 0 Å². The Morgan fingerprint density at radius 3 is 2.86 bits per heavy atom. The van der Waals surface area contributed by atoms with E-state index in [1.54, 1.807) is 6.20 Å². The Morgan fingerprint density at radius 1 is 1.18 bits per heavy atom. The molecule has 5 rings (SSSR count). The Morgan fingerprint density at radius 2 is 2.00 bits per heavy atom. The molecule has 0 unspecified atom stereocenters. The summed E-state index contributed by atoms with van der Waals surface area (Å²) in [5.41, 5.74) is 3.64. The molecule has 142 valence electrons. The maximum Gasteiger partial charge on any atom is 0.266 e. The third-order valence-electron chi connectivity index (χ3n) is 5.62. The van der Waals surface area contributed by atoms with Gasteiger partial charge in [0.25, 0.3) is 5.95 Å². The van der Waals surface area contributed by atoms with E-state index in [4.69, 9.17) is 0 Å². The normalized spacial score (nSPS) is 23.1. The maximum atomic E-state index is 10.1. The SMILES string of the molecule is CC1(O)CCC(/C=N/c2ncc3c(-c4ccn5nccc5c4)ccn3n2)CC1. The van der Waals surface area contributed by atoms with E-state index in [9.17, 15) is 5.11 Å². The van der Waals surface area contributed by atoms with Crippen LogP contribution < -0.4 is 0 Å². The fraction of sp³-hybridized carbons (Fsp3) is 0.333. The Hall–Kier alpha value is -3.06. The maximum absolute atomic E-state index is 10.1. The van der Waals surface area contributed by atoms with Crippen LogP contribution in [0.2, 0.25) is 0 Å². The Kier molecular flexibility index (Phi) is 3.98. The van der Waals surface area contributed by atoms with Crippen LogP contribution >= 0.6 is 0 Å². The molecule has 0 bridgehead atoms. The summed E-state index contributed by atoms with van der Waals surface area (Å²) in [6.45, 7) is 1.91. The van der Waals surface area contributed by atoms with Gasteiger partial charge in [0.15, 0.2) is 0 Å². The van der Waals surface area contributed by atoms with E-state index in [1.807, 2.05) is 59.0 Å². The minimum atomic E-state index is -0.527. The van der Waals surface area contributed by atoms with Crippen LogP contribution in [0.3, 0.4) is 0 Å². The molecular formula is C21H22N6O. The molecule has 1 aliphatic carbocycles. The first-order chi connectivity index (χ1) is 13.6. The van der Waals surface area contributed by atoms with Crippen LogP contribution in [-0.2, 0) is 0 Å². The van der Waals surface area contributed by atoms with Gasteiger partial charge in [-0.1, -0.05) is 0 Å². The smallest absolute Gasteiger partial charge is 0.266 e. The molecule has 0 aliphatic heterocycles. The van der Waals surface area contributed by atoms with Gasteiger partial charge in [0.05, 0.1) is 22.8 Å². The molecule has 0 atom stereocenters. The average molecular weight is 374 g/mol. The zero-order chi connectivity index (χ0) is 19.1. The monoisotopic (exact) mass is 374 g/mol. The lowest BCUT2D eigenvalue weighted by Gasteiger charge is -2.31. The van der Waals surface area contributed by atoms with Gasteiger partial charge in [0, 0.05) is 30.4 Å². The molecule has 4 aromatic rings. The Balaban J connectivity index is 1.39. The lowest BCUT2D eigenvalue weighted by Crippen LogP contribution is -2.30.